The molecule has 2 amide bonds. The average molecular weight is 909 g/mol. The van der Waals surface area contributed by atoms with Crippen molar-refractivity contribution in [3.05, 3.63) is 104 Å². The maximum absolute atomic E-state index is 13.5. The molecule has 0 saturated heterocycles. The molecular formula is C51H49ClN6O8. The molecule has 0 aromatic heterocycles. The molecule has 6 aromatic rings. The van der Waals surface area contributed by atoms with Crippen LogP contribution in [0.2, 0.25) is 5.02 Å². The summed E-state index contributed by atoms with van der Waals surface area (Å²) in [6, 6.07) is 14.1. The summed E-state index contributed by atoms with van der Waals surface area (Å²) in [5.74, 6) is -4.25. The van der Waals surface area contributed by atoms with Crippen molar-refractivity contribution in [1.82, 2.24) is 0 Å². The van der Waals surface area contributed by atoms with E-state index in [0.717, 1.165) is 11.8 Å². The zero-order chi connectivity index (χ0) is 47.8. The van der Waals surface area contributed by atoms with Crippen molar-refractivity contribution >= 4 is 80.2 Å². The van der Waals surface area contributed by atoms with Crippen molar-refractivity contribution in [1.29, 1.82) is 0 Å². The zero-order valence-electron chi connectivity index (χ0n) is 37.9. The van der Waals surface area contributed by atoms with E-state index in [4.69, 9.17) is 11.6 Å². The van der Waals surface area contributed by atoms with Crippen LogP contribution in [0, 0.1) is 20.8 Å². The molecular weight excluding hydrogens is 860 g/mol. The highest BCUT2D eigenvalue weighted by Gasteiger charge is 2.35. The standard InChI is InChI=1S/C51H49ClN6O8/c1-10-57-34-14-12-24(7)16-28(34)42(50(57)65)55-53-20-32-40-30(36(22(3)4)48(63)44(32)59)17-25(8)38(46(40)61)39-26(9)18-31-37(23(5)6)49(64)45(60)33(41(31)47(39)62)21-54-56-43-29-19-27(52)13-15-35(29)58(11-2)51(43)66/h12-23,59-64H,10-11H2,1-9H3/b53-20+,54-21+,55-42+,56-43-. The largest absolute Gasteiger partial charge is 0.507 e. The first-order chi connectivity index (χ1) is 31.3. The fourth-order valence-electron chi connectivity index (χ4n) is 9.45. The van der Waals surface area contributed by atoms with Crippen molar-refractivity contribution in [2.75, 3.05) is 22.9 Å². The second-order valence-electron chi connectivity index (χ2n) is 17.2. The number of benzene rings is 6. The normalized spacial score (nSPS) is 15.2. The highest BCUT2D eigenvalue weighted by Crippen LogP contribution is 2.54. The second kappa shape index (κ2) is 16.8. The molecule has 2 aliphatic heterocycles. The van der Waals surface area contributed by atoms with Crippen LogP contribution < -0.4 is 9.80 Å². The van der Waals surface area contributed by atoms with Gasteiger partial charge in [0.1, 0.15) is 11.5 Å². The topological polar surface area (TPSA) is 211 Å². The molecule has 66 heavy (non-hydrogen) atoms. The summed E-state index contributed by atoms with van der Waals surface area (Å²) in [7, 11) is 0. The van der Waals surface area contributed by atoms with Gasteiger partial charge in [-0.3, -0.25) is 9.59 Å². The summed E-state index contributed by atoms with van der Waals surface area (Å²) in [6.45, 7) is 17.1. The van der Waals surface area contributed by atoms with Gasteiger partial charge in [-0.1, -0.05) is 63.1 Å². The smallest absolute Gasteiger partial charge is 0.279 e. The van der Waals surface area contributed by atoms with Crippen molar-refractivity contribution in [2.45, 2.75) is 74.1 Å². The van der Waals surface area contributed by atoms with Crippen molar-refractivity contribution in [3.8, 4) is 45.6 Å². The fourth-order valence-corrected chi connectivity index (χ4v) is 9.62. The number of carbonyl (C=O) groups is 2. The Labute approximate surface area is 385 Å². The summed E-state index contributed by atoms with van der Waals surface area (Å²) in [6.07, 6.45) is 2.32. The first-order valence-corrected chi connectivity index (χ1v) is 22.0. The van der Waals surface area contributed by atoms with Crippen molar-refractivity contribution < 1.29 is 40.2 Å². The van der Waals surface area contributed by atoms with Crippen molar-refractivity contribution in [3.63, 3.8) is 0 Å². The minimum Gasteiger partial charge on any atom is -0.507 e. The van der Waals surface area contributed by atoms with Crippen LogP contribution in [0.25, 0.3) is 32.7 Å². The summed E-state index contributed by atoms with van der Waals surface area (Å²) < 4.78 is 0. The number of aromatic hydroxyl groups is 6. The summed E-state index contributed by atoms with van der Waals surface area (Å²) in [4.78, 5) is 30.0. The third kappa shape index (κ3) is 6.94. The molecule has 0 saturated carbocycles. The summed E-state index contributed by atoms with van der Waals surface area (Å²) >= 11 is 6.30. The number of amides is 2. The molecule has 0 unspecified atom stereocenters. The molecule has 2 aliphatic rings. The van der Waals surface area contributed by atoms with E-state index >= 15 is 0 Å². The van der Waals surface area contributed by atoms with Crippen LogP contribution in [-0.4, -0.2) is 79.4 Å². The molecule has 0 bridgehead atoms. The lowest BCUT2D eigenvalue weighted by Gasteiger charge is -2.23. The molecule has 0 fully saturated rings. The predicted molar refractivity (Wildman–Crippen MR) is 261 cm³/mol. The second-order valence-corrected chi connectivity index (χ2v) is 17.6. The van der Waals surface area contributed by atoms with Gasteiger partial charge in [0.2, 0.25) is 0 Å². The van der Waals surface area contributed by atoms with Gasteiger partial charge in [0.15, 0.2) is 34.4 Å². The van der Waals surface area contributed by atoms with Crippen LogP contribution in [0.5, 0.6) is 34.5 Å². The highest BCUT2D eigenvalue weighted by molar-refractivity contribution is 6.55. The van der Waals surface area contributed by atoms with E-state index < -0.39 is 28.9 Å². The SMILES string of the molecule is CCN1C(=O)/C(=N\N=C\c2c(O)c(O)c(C(C)C)c3cc(C)c(-c4c(C)cc5c(C(C)C)c(O)c(O)c(/C=N/N=C6/C(=O)N(CC)c7ccc(C)cc76)c5c4O)c(O)c23)c2cc(Cl)ccc21. The Morgan fingerprint density at radius 2 is 0.985 bits per heavy atom. The number of rotatable bonds is 9. The van der Waals surface area contributed by atoms with E-state index in [1.807, 2.05) is 66.7 Å². The molecule has 14 nitrogen and oxygen atoms in total. The lowest BCUT2D eigenvalue weighted by molar-refractivity contribution is -0.112. The van der Waals surface area contributed by atoms with E-state index in [1.54, 1.807) is 49.1 Å². The first-order valence-electron chi connectivity index (χ1n) is 21.6. The van der Waals surface area contributed by atoms with Crippen molar-refractivity contribution in [2.24, 2.45) is 20.4 Å². The van der Waals surface area contributed by atoms with Gasteiger partial charge in [-0.25, -0.2) is 0 Å². The highest BCUT2D eigenvalue weighted by atomic mass is 35.5. The van der Waals surface area contributed by atoms with Gasteiger partial charge in [-0.05, 0) is 98.7 Å². The van der Waals surface area contributed by atoms with Gasteiger partial charge in [0, 0.05) is 62.3 Å². The van der Waals surface area contributed by atoms with Gasteiger partial charge in [-0.15, -0.1) is 10.2 Å². The van der Waals surface area contributed by atoms with Crippen LogP contribution in [0.1, 0.15) is 103 Å². The number of hydrogen-bond acceptors (Lipinski definition) is 12. The van der Waals surface area contributed by atoms with Gasteiger partial charge >= 0.3 is 0 Å². The third-order valence-electron chi connectivity index (χ3n) is 12.4. The Bertz CT molecular complexity index is 3030. The first kappa shape index (κ1) is 45.1. The number of anilines is 2. The number of halogens is 1. The Morgan fingerprint density at radius 3 is 1.39 bits per heavy atom. The number of fused-ring (bicyclic) bond motifs is 4. The van der Waals surface area contributed by atoms with E-state index in [0.29, 0.717) is 73.6 Å². The third-order valence-corrected chi connectivity index (χ3v) is 12.6. The molecule has 0 aliphatic carbocycles. The minimum absolute atomic E-state index is 0.00774. The Morgan fingerprint density at radius 1 is 0.576 bits per heavy atom. The van der Waals surface area contributed by atoms with E-state index in [9.17, 15) is 40.2 Å². The molecule has 6 aromatic carbocycles. The summed E-state index contributed by atoms with van der Waals surface area (Å²) in [5, 5.41) is 89.8. The Kier molecular flexibility index (Phi) is 11.5. The molecule has 0 radical (unpaired) electrons. The fraction of sp³-hybridized carbons (Fsp3) is 0.255. The lowest BCUT2D eigenvalue weighted by atomic mass is 9.83. The number of nitrogens with zero attached hydrogens (tertiary/aromatic N) is 6. The number of likely N-dealkylation sites (N-methyl/N-ethyl adjacent to an activating group) is 2. The molecule has 6 N–H and O–H groups in total. The number of aryl methyl sites for hydroxylation is 3. The van der Waals surface area contributed by atoms with Crippen LogP contribution in [0.15, 0.2) is 68.9 Å². The van der Waals surface area contributed by atoms with Crippen LogP contribution in [0.3, 0.4) is 0 Å². The molecule has 2 heterocycles. The van der Waals surface area contributed by atoms with Crippen LogP contribution >= 0.6 is 11.6 Å². The Balaban J connectivity index is 1.37. The lowest BCUT2D eigenvalue weighted by Crippen LogP contribution is -2.29. The number of hydrogen-bond donors (Lipinski definition) is 6. The quantitative estimate of drug-likeness (QED) is 0.0466. The maximum atomic E-state index is 13.5. The molecule has 338 valence electrons. The minimum atomic E-state index is -0.598. The van der Waals surface area contributed by atoms with Gasteiger partial charge in [0.05, 0.1) is 34.9 Å². The number of phenols is 6. The van der Waals surface area contributed by atoms with E-state index in [1.165, 1.54) is 11.1 Å². The van der Waals surface area contributed by atoms with Gasteiger partial charge < -0.3 is 40.4 Å². The molecule has 0 spiro atoms. The Hall–Kier alpha value is -7.45. The number of phenolic OH excluding ortho intramolecular Hbond substituents is 6. The maximum Gasteiger partial charge on any atom is 0.279 e. The average Bonchev–Trinajstić information content (AvgIpc) is 3.67. The predicted octanol–water partition coefficient (Wildman–Crippen LogP) is 10.1. The monoisotopic (exact) mass is 908 g/mol. The molecule has 0 atom stereocenters. The zero-order valence-corrected chi connectivity index (χ0v) is 38.7. The molecule has 8 rings (SSSR count). The van der Waals surface area contributed by atoms with Gasteiger partial charge in [-0.2, -0.15) is 10.2 Å². The van der Waals surface area contributed by atoms with E-state index in [-0.39, 0.29) is 73.7 Å². The van der Waals surface area contributed by atoms with Crippen LogP contribution in [-0.2, 0) is 9.59 Å². The van der Waals surface area contributed by atoms with E-state index in [2.05, 4.69) is 20.4 Å². The summed E-state index contributed by atoms with van der Waals surface area (Å²) in [5.41, 5.74) is 5.08. The van der Waals surface area contributed by atoms with Crippen LogP contribution in [0.4, 0.5) is 11.4 Å². The van der Waals surface area contributed by atoms with Gasteiger partial charge in [0.25, 0.3) is 11.8 Å². The molecule has 15 heteroatoms. The number of carbonyl (C=O) groups excluding carboxylic acids is 2.